The van der Waals surface area contributed by atoms with Gasteiger partial charge >= 0.3 is 0 Å². The van der Waals surface area contributed by atoms with Crippen molar-refractivity contribution in [2.45, 2.75) is 26.7 Å². The van der Waals surface area contributed by atoms with E-state index in [4.69, 9.17) is 0 Å². The van der Waals surface area contributed by atoms with Gasteiger partial charge in [-0.15, -0.1) is 0 Å². The van der Waals surface area contributed by atoms with Crippen LogP contribution in [0.15, 0.2) is 24.6 Å². The maximum atomic E-state index is 4.00. The third kappa shape index (κ3) is 4.35. The summed E-state index contributed by atoms with van der Waals surface area (Å²) in [6.07, 6.45) is 2.05. The van der Waals surface area contributed by atoms with E-state index in [1.165, 1.54) is 11.4 Å². The van der Waals surface area contributed by atoms with E-state index >= 15 is 0 Å². The first-order chi connectivity index (χ1) is 6.52. The van der Waals surface area contributed by atoms with Crippen LogP contribution in [0.5, 0.6) is 0 Å². The van der Waals surface area contributed by atoms with Gasteiger partial charge in [-0.25, -0.2) is 0 Å². The van der Waals surface area contributed by atoms with Crippen molar-refractivity contribution in [2.24, 2.45) is 0 Å². The Kier molecular flexibility index (Phi) is 6.09. The summed E-state index contributed by atoms with van der Waals surface area (Å²) in [6.45, 7) is 14.3. The van der Waals surface area contributed by atoms with E-state index in [1.807, 2.05) is 0 Å². The second kappa shape index (κ2) is 6.52. The van der Waals surface area contributed by atoms with Crippen LogP contribution in [0.4, 0.5) is 0 Å². The molecule has 0 aromatic rings. The molecular weight excluding hydrogens is 172 g/mol. The van der Waals surface area contributed by atoms with Gasteiger partial charge in [0.2, 0.25) is 0 Å². The smallest absolute Gasteiger partial charge is 0.0347 e. The normalized spacial score (nSPS) is 9.71. The number of allylic oxidation sites excluding steroid dienone is 2. The summed E-state index contributed by atoms with van der Waals surface area (Å²) in [6, 6.07) is 0. The molecule has 14 heavy (non-hydrogen) atoms. The van der Waals surface area contributed by atoms with Gasteiger partial charge in [-0.1, -0.05) is 27.0 Å². The fourth-order valence-corrected chi connectivity index (χ4v) is 1.16. The molecule has 0 rings (SSSR count). The highest BCUT2D eigenvalue weighted by molar-refractivity contribution is 4.94. The predicted octanol–water partition coefficient (Wildman–Crippen LogP) is 2.70. The molecule has 0 N–H and O–H groups in total. The molecule has 0 saturated carbocycles. The molecule has 2 heteroatoms. The molecule has 0 aromatic carbocycles. The van der Waals surface area contributed by atoms with Gasteiger partial charge in [0.25, 0.3) is 0 Å². The van der Waals surface area contributed by atoms with Crippen LogP contribution in [0, 0.1) is 0 Å². The molecule has 82 valence electrons. The predicted molar refractivity (Wildman–Crippen MR) is 64.1 cm³/mol. The van der Waals surface area contributed by atoms with E-state index in [0.29, 0.717) is 0 Å². The van der Waals surface area contributed by atoms with Crippen molar-refractivity contribution in [3.63, 3.8) is 0 Å². The summed E-state index contributed by atoms with van der Waals surface area (Å²) in [5.41, 5.74) is 2.39. The Morgan fingerprint density at radius 2 is 1.14 bits per heavy atom. The van der Waals surface area contributed by atoms with Crippen molar-refractivity contribution < 1.29 is 0 Å². The topological polar surface area (TPSA) is 6.48 Å². The van der Waals surface area contributed by atoms with Gasteiger partial charge in [-0.3, -0.25) is 0 Å². The maximum Gasteiger partial charge on any atom is 0.0347 e. The minimum Gasteiger partial charge on any atom is -0.377 e. The number of nitrogens with zero attached hydrogens (tertiary/aromatic N) is 2. The Morgan fingerprint density at radius 3 is 1.36 bits per heavy atom. The summed E-state index contributed by atoms with van der Waals surface area (Å²) in [7, 11) is 4.18. The summed E-state index contributed by atoms with van der Waals surface area (Å²) < 4.78 is 0. The lowest BCUT2D eigenvalue weighted by atomic mass is 10.3. The van der Waals surface area contributed by atoms with E-state index in [0.717, 1.165) is 25.9 Å². The van der Waals surface area contributed by atoms with Gasteiger partial charge in [0, 0.05) is 38.6 Å². The summed E-state index contributed by atoms with van der Waals surface area (Å²) in [4.78, 5) is 4.42. The largest absolute Gasteiger partial charge is 0.377 e. The third-order valence-corrected chi connectivity index (χ3v) is 2.67. The van der Waals surface area contributed by atoms with Crippen LogP contribution >= 0.6 is 0 Å². The highest BCUT2D eigenvalue weighted by Crippen LogP contribution is 2.05. The monoisotopic (exact) mass is 196 g/mol. The maximum absolute atomic E-state index is 4.00. The van der Waals surface area contributed by atoms with Crippen LogP contribution in [0.1, 0.15) is 26.7 Å². The lowest BCUT2D eigenvalue weighted by Gasteiger charge is -2.26. The highest BCUT2D eigenvalue weighted by Gasteiger charge is 2.03. The van der Waals surface area contributed by atoms with Crippen molar-refractivity contribution in [3.05, 3.63) is 24.6 Å². The molecule has 0 aliphatic carbocycles. The van der Waals surface area contributed by atoms with E-state index in [1.54, 1.807) is 0 Å². The molecule has 0 bridgehead atoms. The van der Waals surface area contributed by atoms with Crippen LogP contribution in [0.3, 0.4) is 0 Å². The zero-order valence-corrected chi connectivity index (χ0v) is 10.1. The lowest BCUT2D eigenvalue weighted by Crippen LogP contribution is -2.29. The quantitative estimate of drug-likeness (QED) is 0.617. The molecule has 0 amide bonds. The van der Waals surface area contributed by atoms with Gasteiger partial charge in [-0.05, 0) is 12.8 Å². The zero-order chi connectivity index (χ0) is 11.1. The van der Waals surface area contributed by atoms with E-state index in [2.05, 4.69) is 50.9 Å². The Hall–Kier alpha value is -0.920. The zero-order valence-electron chi connectivity index (χ0n) is 10.1. The Labute approximate surface area is 88.9 Å². The summed E-state index contributed by atoms with van der Waals surface area (Å²) >= 11 is 0. The van der Waals surface area contributed by atoms with Gasteiger partial charge < -0.3 is 9.80 Å². The second-order valence-electron chi connectivity index (χ2n) is 3.68. The minimum atomic E-state index is 1.02. The fourth-order valence-electron chi connectivity index (χ4n) is 1.16. The van der Waals surface area contributed by atoms with Crippen molar-refractivity contribution in [2.75, 3.05) is 27.2 Å². The second-order valence-corrected chi connectivity index (χ2v) is 3.68. The average molecular weight is 196 g/mol. The lowest BCUT2D eigenvalue weighted by molar-refractivity contribution is 0.323. The van der Waals surface area contributed by atoms with E-state index in [-0.39, 0.29) is 0 Å². The highest BCUT2D eigenvalue weighted by atomic mass is 15.2. The SMILES string of the molecule is C=C(CC)N(C)CCN(C)C(=C)CC. The molecule has 0 radical (unpaired) electrons. The molecule has 0 spiro atoms. The Bertz CT molecular complexity index is 174. The van der Waals surface area contributed by atoms with E-state index < -0.39 is 0 Å². The fraction of sp³-hybridized carbons (Fsp3) is 0.667. The van der Waals surface area contributed by atoms with E-state index in [9.17, 15) is 0 Å². The first-order valence-electron chi connectivity index (χ1n) is 5.30. The summed E-state index contributed by atoms with van der Waals surface area (Å²) in [5.74, 6) is 0. The van der Waals surface area contributed by atoms with Gasteiger partial charge in [0.05, 0.1) is 0 Å². The molecule has 0 fully saturated rings. The first-order valence-corrected chi connectivity index (χ1v) is 5.30. The van der Waals surface area contributed by atoms with Crippen molar-refractivity contribution in [1.82, 2.24) is 9.80 Å². The molecule has 0 aliphatic heterocycles. The molecule has 0 atom stereocenters. The number of hydrogen-bond acceptors (Lipinski definition) is 2. The van der Waals surface area contributed by atoms with Crippen LogP contribution in [-0.4, -0.2) is 37.0 Å². The van der Waals surface area contributed by atoms with Gasteiger partial charge in [0.15, 0.2) is 0 Å². The van der Waals surface area contributed by atoms with Crippen LogP contribution in [0.2, 0.25) is 0 Å². The number of rotatable bonds is 7. The van der Waals surface area contributed by atoms with Gasteiger partial charge in [-0.2, -0.15) is 0 Å². The third-order valence-electron chi connectivity index (χ3n) is 2.67. The molecule has 0 heterocycles. The Morgan fingerprint density at radius 1 is 0.857 bits per heavy atom. The molecule has 0 aromatic heterocycles. The standard InChI is InChI=1S/C12H24N2/c1-7-11(3)13(5)9-10-14(6)12(4)8-2/h3-4,7-10H2,1-2,5-6H3. The molecule has 0 aliphatic rings. The van der Waals surface area contributed by atoms with Crippen molar-refractivity contribution in [3.8, 4) is 0 Å². The summed E-state index contributed by atoms with van der Waals surface area (Å²) in [5, 5.41) is 0. The average Bonchev–Trinajstić information content (AvgIpc) is 2.22. The van der Waals surface area contributed by atoms with Crippen molar-refractivity contribution in [1.29, 1.82) is 0 Å². The van der Waals surface area contributed by atoms with Crippen molar-refractivity contribution >= 4 is 0 Å². The molecular formula is C12H24N2. The molecule has 0 saturated heterocycles. The minimum absolute atomic E-state index is 1.02. The van der Waals surface area contributed by atoms with Crippen LogP contribution in [0.25, 0.3) is 0 Å². The Balaban J connectivity index is 3.82. The molecule has 2 nitrogen and oxygen atoms in total. The van der Waals surface area contributed by atoms with Gasteiger partial charge in [0.1, 0.15) is 0 Å². The first kappa shape index (κ1) is 13.1. The molecule has 0 unspecified atom stereocenters. The van der Waals surface area contributed by atoms with Crippen LogP contribution in [-0.2, 0) is 0 Å². The van der Waals surface area contributed by atoms with Crippen LogP contribution < -0.4 is 0 Å². The number of likely N-dealkylation sites (N-methyl/N-ethyl adjacent to an activating group) is 2. The number of hydrogen-bond donors (Lipinski definition) is 0.